The predicted molar refractivity (Wildman–Crippen MR) is 103 cm³/mol. The number of nitrogens with zero attached hydrogens (tertiary/aromatic N) is 1. The zero-order valence-corrected chi connectivity index (χ0v) is 16.9. The van der Waals surface area contributed by atoms with Gasteiger partial charge in [-0.05, 0) is 32.6 Å². The molecule has 2 unspecified atom stereocenters. The van der Waals surface area contributed by atoms with Gasteiger partial charge in [-0.2, -0.15) is 0 Å². The second-order valence-corrected chi connectivity index (χ2v) is 6.96. The van der Waals surface area contributed by atoms with Crippen molar-refractivity contribution in [2.75, 3.05) is 32.8 Å². The van der Waals surface area contributed by atoms with Crippen molar-refractivity contribution in [1.29, 1.82) is 0 Å². The summed E-state index contributed by atoms with van der Waals surface area (Å²) in [6.07, 6.45) is 6.98. The van der Waals surface area contributed by atoms with E-state index in [9.17, 15) is 9.59 Å². The number of rotatable bonds is 11. The lowest BCUT2D eigenvalue weighted by atomic mass is 10.0. The first-order valence-electron chi connectivity index (χ1n) is 9.95. The van der Waals surface area contributed by atoms with Crippen LogP contribution in [0.15, 0.2) is 11.8 Å². The molecule has 1 aliphatic heterocycles. The monoisotopic (exact) mass is 368 g/mol. The van der Waals surface area contributed by atoms with Crippen LogP contribution in [-0.2, 0) is 19.1 Å². The topological polar surface area (TPSA) is 67.9 Å². The third kappa shape index (κ3) is 8.81. The molecule has 150 valence electrons. The number of hydrogen-bond acceptors (Lipinski definition) is 5. The minimum Gasteiger partial charge on any atom is -0.465 e. The number of amides is 1. The molecule has 0 aromatic rings. The van der Waals surface area contributed by atoms with Gasteiger partial charge in [0.15, 0.2) is 0 Å². The summed E-state index contributed by atoms with van der Waals surface area (Å²) < 4.78 is 10.6. The molecule has 0 radical (unpaired) electrons. The van der Waals surface area contributed by atoms with Gasteiger partial charge in [-0.1, -0.05) is 39.2 Å². The smallest absolute Gasteiger partial charge is 0.320 e. The quantitative estimate of drug-likeness (QED) is 0.449. The Hall–Kier alpha value is -1.40. The highest BCUT2D eigenvalue weighted by molar-refractivity contribution is 5.82. The molecule has 1 amide bonds. The molecule has 0 aromatic heterocycles. The Kier molecular flexibility index (Phi) is 11.2. The molecule has 0 bridgehead atoms. The summed E-state index contributed by atoms with van der Waals surface area (Å²) in [5.41, 5.74) is 0.949. The molecule has 1 saturated heterocycles. The van der Waals surface area contributed by atoms with E-state index in [0.717, 1.165) is 24.5 Å². The number of nitrogens with one attached hydrogen (secondary N) is 1. The van der Waals surface area contributed by atoms with Crippen molar-refractivity contribution >= 4 is 11.9 Å². The van der Waals surface area contributed by atoms with E-state index in [1.807, 2.05) is 17.9 Å². The average Bonchev–Trinajstić information content (AvgIpc) is 2.64. The summed E-state index contributed by atoms with van der Waals surface area (Å²) in [7, 11) is 0. The van der Waals surface area contributed by atoms with E-state index in [2.05, 4.69) is 19.2 Å². The summed E-state index contributed by atoms with van der Waals surface area (Å²) in [6.45, 7) is 10.3. The molecule has 1 N–H and O–H groups in total. The van der Waals surface area contributed by atoms with Crippen LogP contribution in [-0.4, -0.2) is 55.7 Å². The summed E-state index contributed by atoms with van der Waals surface area (Å²) in [6, 6.07) is 0. The van der Waals surface area contributed by atoms with Gasteiger partial charge >= 0.3 is 5.97 Å². The van der Waals surface area contributed by atoms with Crippen LogP contribution in [0.1, 0.15) is 59.8 Å². The minimum absolute atomic E-state index is 0.131. The first kappa shape index (κ1) is 22.6. The van der Waals surface area contributed by atoms with E-state index in [1.165, 1.54) is 19.3 Å². The molecule has 0 spiro atoms. The lowest BCUT2D eigenvalue weighted by Gasteiger charge is -2.31. The molecule has 0 saturated carbocycles. The molecule has 1 rings (SSSR count). The van der Waals surface area contributed by atoms with Gasteiger partial charge in [-0.15, -0.1) is 0 Å². The van der Waals surface area contributed by atoms with E-state index in [-0.39, 0.29) is 18.4 Å². The fourth-order valence-electron chi connectivity index (χ4n) is 2.92. The molecule has 2 atom stereocenters. The molecule has 6 nitrogen and oxygen atoms in total. The Morgan fingerprint density at radius 3 is 2.77 bits per heavy atom. The lowest BCUT2D eigenvalue weighted by Crippen LogP contribution is -2.50. The van der Waals surface area contributed by atoms with E-state index in [1.54, 1.807) is 6.92 Å². The average molecular weight is 369 g/mol. The molecule has 0 aromatic carbocycles. The second kappa shape index (κ2) is 12.9. The van der Waals surface area contributed by atoms with Gasteiger partial charge in [-0.25, -0.2) is 0 Å². The van der Waals surface area contributed by atoms with Gasteiger partial charge in [0.25, 0.3) is 5.91 Å². The van der Waals surface area contributed by atoms with Crippen molar-refractivity contribution in [3.63, 3.8) is 0 Å². The fourth-order valence-corrected chi connectivity index (χ4v) is 2.92. The van der Waals surface area contributed by atoms with Gasteiger partial charge in [0.05, 0.1) is 19.8 Å². The van der Waals surface area contributed by atoms with Crippen LogP contribution < -0.4 is 5.32 Å². The lowest BCUT2D eigenvalue weighted by molar-refractivity contribution is -0.149. The van der Waals surface area contributed by atoms with E-state index in [0.29, 0.717) is 26.3 Å². The Morgan fingerprint density at radius 2 is 2.12 bits per heavy atom. The largest absolute Gasteiger partial charge is 0.465 e. The summed E-state index contributed by atoms with van der Waals surface area (Å²) in [4.78, 5) is 26.0. The van der Waals surface area contributed by atoms with E-state index >= 15 is 0 Å². The number of unbranched alkanes of at least 4 members (excludes halogenated alkanes) is 1. The maximum Gasteiger partial charge on any atom is 0.320 e. The third-order valence-corrected chi connectivity index (χ3v) is 4.82. The van der Waals surface area contributed by atoms with Gasteiger partial charge < -0.3 is 14.8 Å². The normalized spacial score (nSPS) is 19.8. The number of allylic oxidation sites excluding steroid dienone is 2. The zero-order valence-electron chi connectivity index (χ0n) is 16.9. The summed E-state index contributed by atoms with van der Waals surface area (Å²) in [5, 5.41) is 2.99. The maximum absolute atomic E-state index is 12.5. The summed E-state index contributed by atoms with van der Waals surface area (Å²) in [5.74, 6) is 0.372. The number of carbonyl (C=O) groups excluding carboxylic acids is 2. The van der Waals surface area contributed by atoms with Gasteiger partial charge in [0, 0.05) is 18.8 Å². The van der Waals surface area contributed by atoms with Crippen LogP contribution in [0.5, 0.6) is 0 Å². The van der Waals surface area contributed by atoms with Crippen LogP contribution >= 0.6 is 0 Å². The first-order chi connectivity index (χ1) is 12.5. The number of carbonyl (C=O) groups is 2. The number of ether oxygens (including phenoxy) is 2. The van der Waals surface area contributed by atoms with Crippen molar-refractivity contribution in [2.24, 2.45) is 5.92 Å². The third-order valence-electron chi connectivity index (χ3n) is 4.82. The van der Waals surface area contributed by atoms with E-state index < -0.39 is 6.10 Å². The van der Waals surface area contributed by atoms with Crippen molar-refractivity contribution in [3.05, 3.63) is 11.8 Å². The molecule has 0 aliphatic carbocycles. The van der Waals surface area contributed by atoms with Crippen molar-refractivity contribution < 1.29 is 19.1 Å². The van der Waals surface area contributed by atoms with Crippen molar-refractivity contribution in [3.8, 4) is 0 Å². The number of hydrogen-bond donors (Lipinski definition) is 1. The van der Waals surface area contributed by atoms with Crippen LogP contribution in [0.4, 0.5) is 0 Å². The van der Waals surface area contributed by atoms with Gasteiger partial charge in [0.1, 0.15) is 6.10 Å². The number of esters is 1. The first-order valence-corrected chi connectivity index (χ1v) is 9.95. The Bertz CT molecular complexity index is 465. The number of morpholine rings is 1. The van der Waals surface area contributed by atoms with Crippen molar-refractivity contribution in [2.45, 2.75) is 65.9 Å². The van der Waals surface area contributed by atoms with Crippen LogP contribution in [0.3, 0.4) is 0 Å². The Labute approximate surface area is 158 Å². The van der Waals surface area contributed by atoms with Gasteiger partial charge in [0.2, 0.25) is 0 Å². The highest BCUT2D eigenvalue weighted by Gasteiger charge is 2.28. The van der Waals surface area contributed by atoms with Crippen LogP contribution in [0.2, 0.25) is 0 Å². The highest BCUT2D eigenvalue weighted by Crippen LogP contribution is 2.14. The zero-order chi connectivity index (χ0) is 19.4. The molecule has 26 heavy (non-hydrogen) atoms. The fraction of sp³-hybridized carbons (Fsp3) is 0.800. The second-order valence-electron chi connectivity index (χ2n) is 6.96. The van der Waals surface area contributed by atoms with Gasteiger partial charge in [-0.3, -0.25) is 14.5 Å². The maximum atomic E-state index is 12.5. The molecule has 1 aliphatic rings. The van der Waals surface area contributed by atoms with E-state index in [4.69, 9.17) is 9.47 Å². The molecular weight excluding hydrogens is 332 g/mol. The summed E-state index contributed by atoms with van der Waals surface area (Å²) >= 11 is 0. The molecular formula is C20H36N2O4. The Balaban J connectivity index is 2.38. The standard InChI is InChI=1S/C20H36N2O4/c1-5-16(4)10-8-9-11-17(6-2)21-20(24)18-14-22(12-13-26-18)15-19(23)25-7-3/h6,16,18H,5,7-15H2,1-4H3,(H,21,24)/b17-6+. The van der Waals surface area contributed by atoms with Crippen LogP contribution in [0.25, 0.3) is 0 Å². The molecule has 1 fully saturated rings. The SMILES string of the molecule is C/C=C(\CCCCC(C)CC)NC(=O)C1CN(CC(=O)OCC)CCO1. The van der Waals surface area contributed by atoms with Crippen molar-refractivity contribution in [1.82, 2.24) is 10.2 Å². The minimum atomic E-state index is -0.548. The van der Waals surface area contributed by atoms with Crippen LogP contribution in [0, 0.1) is 5.92 Å². The molecule has 1 heterocycles. The highest BCUT2D eigenvalue weighted by atomic mass is 16.5. The Morgan fingerprint density at radius 1 is 1.35 bits per heavy atom. The predicted octanol–water partition coefficient (Wildman–Crippen LogP) is 2.88. The molecule has 6 heteroatoms.